The normalized spacial score (nSPS) is 22.4. The van der Waals surface area contributed by atoms with Crippen LogP contribution in [-0.4, -0.2) is 35.6 Å². The Hall–Kier alpha value is -0.570. The lowest BCUT2D eigenvalue weighted by Gasteiger charge is -2.36. The number of carbonyl (C=O) groups is 1. The van der Waals surface area contributed by atoms with Crippen molar-refractivity contribution in [3.8, 4) is 0 Å². The molecule has 1 rings (SSSR count). The van der Waals surface area contributed by atoms with Crippen molar-refractivity contribution in [2.75, 3.05) is 13.2 Å². The van der Waals surface area contributed by atoms with Crippen molar-refractivity contribution in [2.45, 2.75) is 52.2 Å². The number of carbonyl (C=O) groups excluding carboxylic acids is 1. The summed E-state index contributed by atoms with van der Waals surface area (Å²) >= 11 is 0. The Bertz CT molecular complexity index is 202. The molecule has 0 spiro atoms. The summed E-state index contributed by atoms with van der Waals surface area (Å²) in [5.74, 6) is 0.150. The first kappa shape index (κ1) is 11.5. The minimum absolute atomic E-state index is 0.0994. The molecule has 1 aliphatic rings. The van der Waals surface area contributed by atoms with E-state index in [0.717, 1.165) is 26.0 Å². The van der Waals surface area contributed by atoms with Crippen LogP contribution in [0.5, 0.6) is 0 Å². The molecule has 1 aliphatic heterocycles. The zero-order valence-electron chi connectivity index (χ0n) is 9.67. The number of ether oxygens (including phenoxy) is 1. The lowest BCUT2D eigenvalue weighted by molar-refractivity contribution is -0.145. The molecule has 3 nitrogen and oxygen atoms in total. The van der Waals surface area contributed by atoms with Gasteiger partial charge in [0, 0.05) is 18.7 Å². The number of amides is 1. The molecule has 0 aromatic rings. The van der Waals surface area contributed by atoms with E-state index >= 15 is 0 Å². The van der Waals surface area contributed by atoms with Gasteiger partial charge < -0.3 is 9.64 Å². The summed E-state index contributed by atoms with van der Waals surface area (Å²) in [5, 5.41) is 0. The quantitative estimate of drug-likeness (QED) is 0.679. The van der Waals surface area contributed by atoms with Gasteiger partial charge in [0.1, 0.15) is 6.10 Å². The Morgan fingerprint density at radius 3 is 2.50 bits per heavy atom. The van der Waals surface area contributed by atoms with Crippen LogP contribution in [0.1, 0.15) is 40.5 Å². The Morgan fingerprint density at radius 2 is 2.14 bits per heavy atom. The lowest BCUT2D eigenvalue weighted by atomic mass is 10.0. The fourth-order valence-electron chi connectivity index (χ4n) is 1.91. The molecule has 1 unspecified atom stereocenters. The van der Waals surface area contributed by atoms with Gasteiger partial charge in [0.05, 0.1) is 0 Å². The molecule has 0 N–H and O–H groups in total. The molecule has 0 aromatic carbocycles. The number of rotatable bonds is 2. The highest BCUT2D eigenvalue weighted by Gasteiger charge is 2.32. The van der Waals surface area contributed by atoms with E-state index in [1.807, 2.05) is 11.8 Å². The van der Waals surface area contributed by atoms with E-state index in [1.165, 1.54) is 0 Å². The van der Waals surface area contributed by atoms with E-state index in [1.54, 1.807) is 0 Å². The fraction of sp³-hybridized carbons (Fsp3) is 0.909. The first-order valence-electron chi connectivity index (χ1n) is 5.40. The summed E-state index contributed by atoms with van der Waals surface area (Å²) in [4.78, 5) is 13.9. The molecule has 82 valence electrons. The molecule has 0 bridgehead atoms. The lowest BCUT2D eigenvalue weighted by Crippen LogP contribution is -2.49. The third-order valence-corrected chi connectivity index (χ3v) is 2.60. The third kappa shape index (κ3) is 2.47. The Balaban J connectivity index is 2.64. The monoisotopic (exact) mass is 199 g/mol. The van der Waals surface area contributed by atoms with Crippen molar-refractivity contribution >= 4 is 5.91 Å². The summed E-state index contributed by atoms with van der Waals surface area (Å²) in [6.45, 7) is 9.68. The van der Waals surface area contributed by atoms with Crippen molar-refractivity contribution in [3.63, 3.8) is 0 Å². The molecule has 0 radical (unpaired) electrons. The molecular weight excluding hydrogens is 178 g/mol. The highest BCUT2D eigenvalue weighted by Crippen LogP contribution is 2.20. The van der Waals surface area contributed by atoms with Crippen molar-refractivity contribution in [3.05, 3.63) is 0 Å². The number of likely N-dealkylation sites (N-methyl/N-ethyl adjacent to an activating group) is 1. The van der Waals surface area contributed by atoms with Crippen LogP contribution in [0.3, 0.4) is 0 Å². The SMILES string of the molecule is CCN(C(=O)C1CCCO1)C(C)(C)C. The fourth-order valence-corrected chi connectivity index (χ4v) is 1.91. The largest absolute Gasteiger partial charge is 0.368 e. The van der Waals surface area contributed by atoms with Crippen LogP contribution in [0.15, 0.2) is 0 Å². The average molecular weight is 199 g/mol. The first-order valence-corrected chi connectivity index (χ1v) is 5.40. The van der Waals surface area contributed by atoms with Crippen LogP contribution in [0, 0.1) is 0 Å². The summed E-state index contributed by atoms with van der Waals surface area (Å²) < 4.78 is 5.40. The van der Waals surface area contributed by atoms with E-state index < -0.39 is 0 Å². The number of hydrogen-bond acceptors (Lipinski definition) is 2. The second-order valence-corrected chi connectivity index (χ2v) is 4.75. The van der Waals surface area contributed by atoms with Gasteiger partial charge in [-0.05, 0) is 40.5 Å². The van der Waals surface area contributed by atoms with Crippen molar-refractivity contribution in [2.24, 2.45) is 0 Å². The van der Waals surface area contributed by atoms with Gasteiger partial charge in [-0.3, -0.25) is 4.79 Å². The Kier molecular flexibility index (Phi) is 3.53. The summed E-state index contributed by atoms with van der Waals surface area (Å²) in [5.41, 5.74) is -0.0994. The van der Waals surface area contributed by atoms with Gasteiger partial charge in [-0.2, -0.15) is 0 Å². The highest BCUT2D eigenvalue weighted by atomic mass is 16.5. The maximum Gasteiger partial charge on any atom is 0.252 e. The summed E-state index contributed by atoms with van der Waals surface area (Å²) in [6.07, 6.45) is 1.71. The van der Waals surface area contributed by atoms with Crippen LogP contribution < -0.4 is 0 Å². The summed E-state index contributed by atoms with van der Waals surface area (Å²) in [7, 11) is 0. The highest BCUT2D eigenvalue weighted by molar-refractivity contribution is 5.81. The second-order valence-electron chi connectivity index (χ2n) is 4.75. The van der Waals surface area contributed by atoms with E-state index in [4.69, 9.17) is 4.74 Å². The zero-order chi connectivity index (χ0) is 10.8. The van der Waals surface area contributed by atoms with E-state index in [-0.39, 0.29) is 17.6 Å². The minimum Gasteiger partial charge on any atom is -0.368 e. The van der Waals surface area contributed by atoms with Crippen molar-refractivity contribution in [1.29, 1.82) is 0 Å². The number of nitrogens with zero attached hydrogens (tertiary/aromatic N) is 1. The summed E-state index contributed by atoms with van der Waals surface area (Å²) in [6, 6.07) is 0. The predicted octanol–water partition coefficient (Wildman–Crippen LogP) is 1.81. The smallest absolute Gasteiger partial charge is 0.252 e. The molecule has 0 aromatic heterocycles. The molecule has 1 fully saturated rings. The third-order valence-electron chi connectivity index (χ3n) is 2.60. The molecule has 14 heavy (non-hydrogen) atoms. The molecular formula is C11H21NO2. The van der Waals surface area contributed by atoms with Crippen LogP contribution in [0.2, 0.25) is 0 Å². The van der Waals surface area contributed by atoms with Crippen LogP contribution in [0.4, 0.5) is 0 Å². The molecule has 0 saturated carbocycles. The van der Waals surface area contributed by atoms with E-state index in [9.17, 15) is 4.79 Å². The van der Waals surface area contributed by atoms with Gasteiger partial charge in [0.15, 0.2) is 0 Å². The van der Waals surface area contributed by atoms with Gasteiger partial charge in [-0.25, -0.2) is 0 Å². The molecule has 1 amide bonds. The molecule has 0 aliphatic carbocycles. The van der Waals surface area contributed by atoms with Crippen LogP contribution >= 0.6 is 0 Å². The van der Waals surface area contributed by atoms with Gasteiger partial charge in [0.2, 0.25) is 0 Å². The van der Waals surface area contributed by atoms with E-state index in [2.05, 4.69) is 20.8 Å². The first-order chi connectivity index (χ1) is 6.46. The standard InChI is InChI=1S/C11H21NO2/c1-5-12(11(2,3)4)10(13)9-7-6-8-14-9/h9H,5-8H2,1-4H3. The number of hydrogen-bond donors (Lipinski definition) is 0. The Morgan fingerprint density at radius 1 is 1.50 bits per heavy atom. The second kappa shape index (κ2) is 4.30. The van der Waals surface area contributed by atoms with Gasteiger partial charge in [-0.15, -0.1) is 0 Å². The maximum atomic E-state index is 12.0. The molecule has 1 atom stereocenters. The maximum absolute atomic E-state index is 12.0. The minimum atomic E-state index is -0.186. The van der Waals surface area contributed by atoms with Crippen LogP contribution in [0.25, 0.3) is 0 Å². The Labute approximate surface area is 86.4 Å². The van der Waals surface area contributed by atoms with Gasteiger partial charge in [0.25, 0.3) is 5.91 Å². The van der Waals surface area contributed by atoms with Crippen molar-refractivity contribution in [1.82, 2.24) is 4.90 Å². The van der Waals surface area contributed by atoms with Crippen LogP contribution in [-0.2, 0) is 9.53 Å². The molecule has 1 heterocycles. The predicted molar refractivity (Wildman–Crippen MR) is 56.1 cm³/mol. The average Bonchev–Trinajstić information content (AvgIpc) is 2.53. The van der Waals surface area contributed by atoms with E-state index in [0.29, 0.717) is 0 Å². The zero-order valence-corrected chi connectivity index (χ0v) is 9.67. The topological polar surface area (TPSA) is 29.5 Å². The molecule has 3 heteroatoms. The molecule has 1 saturated heterocycles. The van der Waals surface area contributed by atoms with Gasteiger partial charge >= 0.3 is 0 Å². The van der Waals surface area contributed by atoms with Crippen molar-refractivity contribution < 1.29 is 9.53 Å². The van der Waals surface area contributed by atoms with Gasteiger partial charge in [-0.1, -0.05) is 0 Å².